The van der Waals surface area contributed by atoms with Gasteiger partial charge >= 0.3 is 0 Å². The lowest BCUT2D eigenvalue weighted by atomic mass is 9.89. The Morgan fingerprint density at radius 2 is 2.37 bits per heavy atom. The number of carbonyl (C=O) groups excluding carboxylic acids is 1. The summed E-state index contributed by atoms with van der Waals surface area (Å²) in [4.78, 5) is 12.1. The summed E-state index contributed by atoms with van der Waals surface area (Å²) < 4.78 is 2.00. The Kier molecular flexibility index (Phi) is 4.24. The maximum atomic E-state index is 12.1. The summed E-state index contributed by atoms with van der Waals surface area (Å²) in [6.45, 7) is 9.39. The second-order valence-electron chi connectivity index (χ2n) is 5.75. The summed E-state index contributed by atoms with van der Waals surface area (Å²) in [6, 6.07) is 2.07. The highest BCUT2D eigenvalue weighted by molar-refractivity contribution is 5.82. The van der Waals surface area contributed by atoms with Gasteiger partial charge in [-0.3, -0.25) is 9.48 Å². The highest BCUT2D eigenvalue weighted by Gasteiger charge is 2.35. The van der Waals surface area contributed by atoms with Gasteiger partial charge in [0.1, 0.15) is 0 Å². The van der Waals surface area contributed by atoms with Crippen LogP contribution in [0.4, 0.5) is 0 Å². The Labute approximate surface area is 114 Å². The van der Waals surface area contributed by atoms with Crippen LogP contribution in [-0.2, 0) is 11.3 Å². The minimum Gasteiger partial charge on any atom is -0.356 e. The molecule has 0 aliphatic carbocycles. The number of nitrogens with one attached hydrogen (secondary N) is 2. The van der Waals surface area contributed by atoms with E-state index < -0.39 is 0 Å². The summed E-state index contributed by atoms with van der Waals surface area (Å²) in [5.41, 5.74) is 2.00. The molecule has 0 bridgehead atoms. The van der Waals surface area contributed by atoms with Crippen molar-refractivity contribution in [1.29, 1.82) is 0 Å². The van der Waals surface area contributed by atoms with E-state index in [1.807, 2.05) is 18.5 Å². The Hall–Kier alpha value is -1.36. The molecule has 0 radical (unpaired) electrons. The maximum absolute atomic E-state index is 12.1. The highest BCUT2D eigenvalue weighted by Crippen LogP contribution is 2.24. The summed E-state index contributed by atoms with van der Waals surface area (Å²) in [5.74, 6) is 0.172. The lowest BCUT2D eigenvalue weighted by Gasteiger charge is -2.21. The van der Waals surface area contributed by atoms with Gasteiger partial charge in [-0.2, -0.15) is 5.10 Å². The van der Waals surface area contributed by atoms with Crippen molar-refractivity contribution in [1.82, 2.24) is 20.4 Å². The molecule has 5 nitrogen and oxygen atoms in total. The van der Waals surface area contributed by atoms with E-state index in [9.17, 15) is 4.79 Å². The fourth-order valence-corrected chi connectivity index (χ4v) is 2.56. The van der Waals surface area contributed by atoms with Gasteiger partial charge in [0.2, 0.25) is 5.91 Å². The average molecular weight is 264 g/mol. The summed E-state index contributed by atoms with van der Waals surface area (Å²) in [7, 11) is 0. The predicted molar refractivity (Wildman–Crippen MR) is 74.9 cm³/mol. The van der Waals surface area contributed by atoms with Gasteiger partial charge in [0.15, 0.2) is 0 Å². The van der Waals surface area contributed by atoms with Crippen LogP contribution in [0.1, 0.15) is 31.2 Å². The largest absolute Gasteiger partial charge is 0.356 e. The molecule has 1 aromatic heterocycles. The maximum Gasteiger partial charge on any atom is 0.227 e. The number of rotatable bonds is 5. The van der Waals surface area contributed by atoms with Crippen molar-refractivity contribution in [2.45, 2.75) is 40.2 Å². The molecule has 1 saturated heterocycles. The zero-order chi connectivity index (χ0) is 13.9. The van der Waals surface area contributed by atoms with Crippen LogP contribution in [0.2, 0.25) is 0 Å². The van der Waals surface area contributed by atoms with Crippen LogP contribution in [-0.4, -0.2) is 35.3 Å². The average Bonchev–Trinajstić information content (AvgIpc) is 2.92. The van der Waals surface area contributed by atoms with Gasteiger partial charge in [-0.1, -0.05) is 0 Å². The van der Waals surface area contributed by atoms with E-state index in [2.05, 4.69) is 28.7 Å². The summed E-state index contributed by atoms with van der Waals surface area (Å²) >= 11 is 0. The van der Waals surface area contributed by atoms with E-state index in [4.69, 9.17) is 0 Å². The number of aryl methyl sites for hydroxylation is 3. The van der Waals surface area contributed by atoms with Gasteiger partial charge in [-0.15, -0.1) is 0 Å². The van der Waals surface area contributed by atoms with Crippen LogP contribution >= 0.6 is 0 Å². The molecule has 106 valence electrons. The Bertz CT molecular complexity index is 446. The molecule has 5 heteroatoms. The first-order valence-electron chi connectivity index (χ1n) is 7.01. The molecule has 1 aromatic rings. The van der Waals surface area contributed by atoms with Crippen LogP contribution in [0, 0.1) is 19.3 Å². The first-order valence-corrected chi connectivity index (χ1v) is 7.01. The molecule has 0 spiro atoms. The lowest BCUT2D eigenvalue weighted by molar-refractivity contribution is -0.129. The van der Waals surface area contributed by atoms with E-state index in [-0.39, 0.29) is 11.3 Å². The van der Waals surface area contributed by atoms with Crippen LogP contribution in [0.25, 0.3) is 0 Å². The van der Waals surface area contributed by atoms with E-state index in [1.165, 1.54) is 5.69 Å². The number of hydrogen-bond acceptors (Lipinski definition) is 3. The minimum absolute atomic E-state index is 0.172. The molecule has 1 aliphatic rings. The molecule has 19 heavy (non-hydrogen) atoms. The third kappa shape index (κ3) is 3.35. The fourth-order valence-electron chi connectivity index (χ4n) is 2.56. The van der Waals surface area contributed by atoms with Gasteiger partial charge in [0, 0.05) is 25.3 Å². The molecule has 1 aliphatic heterocycles. The van der Waals surface area contributed by atoms with Crippen molar-refractivity contribution >= 4 is 5.91 Å². The lowest BCUT2D eigenvalue weighted by Crippen LogP contribution is -2.40. The van der Waals surface area contributed by atoms with Gasteiger partial charge in [-0.05, 0) is 46.2 Å². The summed E-state index contributed by atoms with van der Waals surface area (Å²) in [5, 5.41) is 10.7. The molecule has 1 unspecified atom stereocenters. The third-order valence-electron chi connectivity index (χ3n) is 3.85. The monoisotopic (exact) mass is 264 g/mol. The van der Waals surface area contributed by atoms with Crippen molar-refractivity contribution in [2.24, 2.45) is 5.41 Å². The van der Waals surface area contributed by atoms with Crippen molar-refractivity contribution in [2.75, 3.05) is 19.6 Å². The molecule has 0 aromatic carbocycles. The molecule has 2 rings (SSSR count). The Balaban J connectivity index is 1.72. The normalized spacial score (nSPS) is 22.7. The smallest absolute Gasteiger partial charge is 0.227 e. The molecular weight excluding hydrogens is 240 g/mol. The van der Waals surface area contributed by atoms with E-state index in [0.29, 0.717) is 6.54 Å². The molecule has 2 N–H and O–H groups in total. The Morgan fingerprint density at radius 3 is 2.95 bits per heavy atom. The molecule has 1 fully saturated rings. The van der Waals surface area contributed by atoms with Crippen molar-refractivity contribution < 1.29 is 4.79 Å². The second kappa shape index (κ2) is 5.74. The topological polar surface area (TPSA) is 59.0 Å². The van der Waals surface area contributed by atoms with Crippen LogP contribution in [0.5, 0.6) is 0 Å². The van der Waals surface area contributed by atoms with Crippen molar-refractivity contribution in [3.63, 3.8) is 0 Å². The molecule has 1 amide bonds. The van der Waals surface area contributed by atoms with E-state index in [1.54, 1.807) is 0 Å². The standard InChI is InChI=1S/C14H24N4O/c1-11-9-12(2)18(17-11)8-4-6-16-13(19)14(3)5-7-15-10-14/h9,15H,4-8,10H2,1-3H3,(H,16,19). The molecular formula is C14H24N4O. The fraction of sp³-hybridized carbons (Fsp3) is 0.714. The first-order chi connectivity index (χ1) is 9.01. The van der Waals surface area contributed by atoms with Gasteiger partial charge in [-0.25, -0.2) is 0 Å². The second-order valence-corrected chi connectivity index (χ2v) is 5.75. The number of carbonyl (C=O) groups is 1. The van der Waals surface area contributed by atoms with Crippen LogP contribution < -0.4 is 10.6 Å². The predicted octanol–water partition coefficient (Wildman–Crippen LogP) is 1.01. The third-order valence-corrected chi connectivity index (χ3v) is 3.85. The SMILES string of the molecule is Cc1cc(C)n(CCCNC(=O)C2(C)CCNC2)n1. The van der Waals surface area contributed by atoms with Gasteiger partial charge in [0.05, 0.1) is 11.1 Å². The van der Waals surface area contributed by atoms with Crippen molar-refractivity contribution in [3.05, 3.63) is 17.5 Å². The molecule has 0 saturated carbocycles. The number of aromatic nitrogens is 2. The Morgan fingerprint density at radius 1 is 1.58 bits per heavy atom. The zero-order valence-electron chi connectivity index (χ0n) is 12.1. The van der Waals surface area contributed by atoms with Gasteiger partial charge in [0.25, 0.3) is 0 Å². The summed E-state index contributed by atoms with van der Waals surface area (Å²) in [6.07, 6.45) is 1.84. The number of nitrogens with zero attached hydrogens (tertiary/aromatic N) is 2. The quantitative estimate of drug-likeness (QED) is 0.780. The van der Waals surface area contributed by atoms with Crippen molar-refractivity contribution in [3.8, 4) is 0 Å². The number of amides is 1. The minimum atomic E-state index is -0.224. The van der Waals surface area contributed by atoms with Crippen LogP contribution in [0.3, 0.4) is 0 Å². The zero-order valence-corrected chi connectivity index (χ0v) is 12.1. The van der Waals surface area contributed by atoms with Crippen LogP contribution in [0.15, 0.2) is 6.07 Å². The van der Waals surface area contributed by atoms with E-state index >= 15 is 0 Å². The highest BCUT2D eigenvalue weighted by atomic mass is 16.2. The first kappa shape index (κ1) is 14.1. The molecule has 1 atom stereocenters. The van der Waals surface area contributed by atoms with E-state index in [0.717, 1.165) is 38.2 Å². The van der Waals surface area contributed by atoms with Gasteiger partial charge < -0.3 is 10.6 Å². The molecule has 2 heterocycles. The number of hydrogen-bond donors (Lipinski definition) is 2.